The topological polar surface area (TPSA) is 38.0 Å². The molecular formula is C16H34N2. The molecule has 108 valence electrons. The zero-order valence-electron chi connectivity index (χ0n) is 12.9. The van der Waals surface area contributed by atoms with Gasteiger partial charge in [0.15, 0.2) is 0 Å². The highest BCUT2D eigenvalue weighted by atomic mass is 15.2. The van der Waals surface area contributed by atoms with Crippen molar-refractivity contribution >= 4 is 0 Å². The molecule has 1 fully saturated rings. The summed E-state index contributed by atoms with van der Waals surface area (Å²) in [7, 11) is 0. The molecule has 1 aliphatic rings. The summed E-state index contributed by atoms with van der Waals surface area (Å²) in [5.74, 6) is 9.20. The lowest BCUT2D eigenvalue weighted by molar-refractivity contribution is 0.134. The summed E-state index contributed by atoms with van der Waals surface area (Å²) in [4.78, 5) is 0. The van der Waals surface area contributed by atoms with Crippen molar-refractivity contribution in [3.05, 3.63) is 0 Å². The Bertz CT molecular complexity index is 217. The third-order valence-electron chi connectivity index (χ3n) is 5.30. The number of hydrazine groups is 1. The molecule has 1 rings (SSSR count). The van der Waals surface area contributed by atoms with E-state index in [-0.39, 0.29) is 0 Å². The maximum absolute atomic E-state index is 5.88. The summed E-state index contributed by atoms with van der Waals surface area (Å²) >= 11 is 0. The lowest BCUT2D eigenvalue weighted by atomic mass is 9.70. The first-order valence-electron chi connectivity index (χ1n) is 8.10. The van der Waals surface area contributed by atoms with Gasteiger partial charge in [0.25, 0.3) is 0 Å². The van der Waals surface area contributed by atoms with Crippen molar-refractivity contribution in [2.45, 2.75) is 78.7 Å². The normalized spacial score (nSPS) is 32.2. The largest absolute Gasteiger partial charge is 0.271 e. The second kappa shape index (κ2) is 8.16. The van der Waals surface area contributed by atoms with Crippen LogP contribution in [0.15, 0.2) is 0 Å². The van der Waals surface area contributed by atoms with Crippen LogP contribution in [0.1, 0.15) is 72.6 Å². The molecular weight excluding hydrogens is 220 g/mol. The van der Waals surface area contributed by atoms with Crippen molar-refractivity contribution < 1.29 is 0 Å². The summed E-state index contributed by atoms with van der Waals surface area (Å²) in [5, 5.41) is 0. The molecule has 0 saturated heterocycles. The highest BCUT2D eigenvalue weighted by molar-refractivity contribution is 4.86. The molecule has 0 aromatic heterocycles. The van der Waals surface area contributed by atoms with E-state index in [1.807, 2.05) is 0 Å². The lowest BCUT2D eigenvalue weighted by Crippen LogP contribution is -2.47. The molecule has 0 aliphatic heterocycles. The van der Waals surface area contributed by atoms with Crippen LogP contribution in [0.5, 0.6) is 0 Å². The first kappa shape index (κ1) is 16.0. The van der Waals surface area contributed by atoms with Crippen LogP contribution in [0.25, 0.3) is 0 Å². The highest BCUT2D eigenvalue weighted by Crippen LogP contribution is 2.37. The van der Waals surface area contributed by atoms with Gasteiger partial charge in [-0.1, -0.05) is 53.4 Å². The summed E-state index contributed by atoms with van der Waals surface area (Å²) in [6.07, 6.45) is 9.34. The summed E-state index contributed by atoms with van der Waals surface area (Å²) < 4.78 is 0. The molecule has 0 aromatic carbocycles. The summed E-state index contributed by atoms with van der Waals surface area (Å²) in [6, 6.07) is 0.538. The fraction of sp³-hybridized carbons (Fsp3) is 1.00. The number of hydrogen-bond acceptors (Lipinski definition) is 2. The molecule has 5 unspecified atom stereocenters. The average molecular weight is 254 g/mol. The van der Waals surface area contributed by atoms with Crippen molar-refractivity contribution in [1.29, 1.82) is 0 Å². The lowest BCUT2D eigenvalue weighted by Gasteiger charge is -2.39. The molecule has 0 spiro atoms. The summed E-state index contributed by atoms with van der Waals surface area (Å²) in [5.41, 5.74) is 3.17. The Balaban J connectivity index is 2.57. The van der Waals surface area contributed by atoms with E-state index in [0.717, 1.165) is 23.7 Å². The van der Waals surface area contributed by atoms with Gasteiger partial charge in [0.2, 0.25) is 0 Å². The van der Waals surface area contributed by atoms with E-state index in [4.69, 9.17) is 5.84 Å². The Kier molecular flexibility index (Phi) is 7.25. The first-order valence-corrected chi connectivity index (χ1v) is 8.10. The Morgan fingerprint density at radius 2 is 1.89 bits per heavy atom. The first-order chi connectivity index (χ1) is 8.63. The van der Waals surface area contributed by atoms with Crippen LogP contribution >= 0.6 is 0 Å². The van der Waals surface area contributed by atoms with E-state index in [2.05, 4.69) is 33.1 Å². The number of nitrogens with one attached hydrogen (secondary N) is 1. The molecule has 1 aliphatic carbocycles. The van der Waals surface area contributed by atoms with Crippen LogP contribution in [0, 0.1) is 23.7 Å². The molecule has 0 amide bonds. The smallest absolute Gasteiger partial charge is 0.0266 e. The quantitative estimate of drug-likeness (QED) is 0.530. The molecule has 5 atom stereocenters. The Morgan fingerprint density at radius 1 is 1.17 bits per heavy atom. The van der Waals surface area contributed by atoms with E-state index in [9.17, 15) is 0 Å². The molecule has 2 heteroatoms. The Morgan fingerprint density at radius 3 is 2.39 bits per heavy atom. The third-order valence-corrected chi connectivity index (χ3v) is 5.30. The van der Waals surface area contributed by atoms with Crippen LogP contribution in [-0.4, -0.2) is 6.04 Å². The van der Waals surface area contributed by atoms with Gasteiger partial charge in [0, 0.05) is 6.04 Å². The molecule has 2 nitrogen and oxygen atoms in total. The van der Waals surface area contributed by atoms with E-state index in [0.29, 0.717) is 6.04 Å². The van der Waals surface area contributed by atoms with Gasteiger partial charge in [0.1, 0.15) is 0 Å². The van der Waals surface area contributed by atoms with Crippen LogP contribution < -0.4 is 11.3 Å². The van der Waals surface area contributed by atoms with Gasteiger partial charge in [-0.2, -0.15) is 0 Å². The molecule has 3 N–H and O–H groups in total. The molecule has 0 radical (unpaired) electrons. The number of unbranched alkanes of at least 4 members (excludes halogenated alkanes) is 1. The fourth-order valence-corrected chi connectivity index (χ4v) is 3.68. The van der Waals surface area contributed by atoms with Crippen molar-refractivity contribution in [3.8, 4) is 0 Å². The van der Waals surface area contributed by atoms with Gasteiger partial charge in [-0.25, -0.2) is 0 Å². The van der Waals surface area contributed by atoms with Gasteiger partial charge in [0.05, 0.1) is 0 Å². The van der Waals surface area contributed by atoms with Gasteiger partial charge in [-0.05, 0) is 42.9 Å². The van der Waals surface area contributed by atoms with E-state index >= 15 is 0 Å². The maximum Gasteiger partial charge on any atom is 0.0266 e. The van der Waals surface area contributed by atoms with E-state index in [1.54, 1.807) is 0 Å². The van der Waals surface area contributed by atoms with Gasteiger partial charge in [-0.15, -0.1) is 0 Å². The van der Waals surface area contributed by atoms with Crippen molar-refractivity contribution in [2.75, 3.05) is 0 Å². The molecule has 18 heavy (non-hydrogen) atoms. The highest BCUT2D eigenvalue weighted by Gasteiger charge is 2.32. The van der Waals surface area contributed by atoms with Gasteiger partial charge in [-0.3, -0.25) is 11.3 Å². The molecule has 0 heterocycles. The minimum absolute atomic E-state index is 0.538. The number of rotatable bonds is 7. The van der Waals surface area contributed by atoms with Crippen LogP contribution in [-0.2, 0) is 0 Å². The molecule has 0 bridgehead atoms. The second-order valence-electron chi connectivity index (χ2n) is 6.53. The van der Waals surface area contributed by atoms with Crippen molar-refractivity contribution in [3.63, 3.8) is 0 Å². The zero-order valence-corrected chi connectivity index (χ0v) is 12.9. The SMILES string of the molecule is CCCCC(CC)C(NN)C1CCC(C)C(C)C1. The van der Waals surface area contributed by atoms with Crippen LogP contribution in [0.4, 0.5) is 0 Å². The monoisotopic (exact) mass is 254 g/mol. The zero-order chi connectivity index (χ0) is 13.5. The van der Waals surface area contributed by atoms with E-state index < -0.39 is 0 Å². The van der Waals surface area contributed by atoms with Crippen molar-refractivity contribution in [1.82, 2.24) is 5.43 Å². The van der Waals surface area contributed by atoms with E-state index in [1.165, 1.54) is 44.9 Å². The average Bonchev–Trinajstić information content (AvgIpc) is 2.38. The van der Waals surface area contributed by atoms with Crippen molar-refractivity contribution in [2.24, 2.45) is 29.5 Å². The van der Waals surface area contributed by atoms with Gasteiger partial charge < -0.3 is 0 Å². The van der Waals surface area contributed by atoms with Crippen LogP contribution in [0.3, 0.4) is 0 Å². The maximum atomic E-state index is 5.88. The third kappa shape index (κ3) is 4.24. The molecule has 1 saturated carbocycles. The van der Waals surface area contributed by atoms with Crippen LogP contribution in [0.2, 0.25) is 0 Å². The Hall–Kier alpha value is -0.0800. The predicted molar refractivity (Wildman–Crippen MR) is 80.1 cm³/mol. The molecule has 0 aromatic rings. The fourth-order valence-electron chi connectivity index (χ4n) is 3.68. The minimum Gasteiger partial charge on any atom is -0.271 e. The predicted octanol–water partition coefficient (Wildman–Crippen LogP) is 4.11. The Labute approximate surface area is 114 Å². The summed E-state index contributed by atoms with van der Waals surface area (Å²) in [6.45, 7) is 9.42. The second-order valence-corrected chi connectivity index (χ2v) is 6.53. The minimum atomic E-state index is 0.538. The number of nitrogens with two attached hydrogens (primary N) is 1. The van der Waals surface area contributed by atoms with Gasteiger partial charge >= 0.3 is 0 Å². The number of hydrogen-bond donors (Lipinski definition) is 2. The standard InChI is InChI=1S/C16H34N2/c1-5-7-8-14(6-2)16(18-17)15-10-9-12(3)13(4)11-15/h12-16,18H,5-11,17H2,1-4H3.